The van der Waals surface area contributed by atoms with Gasteiger partial charge in [0.15, 0.2) is 15.9 Å². The number of nitrogens with zero attached hydrogens (tertiary/aromatic N) is 1. The van der Waals surface area contributed by atoms with E-state index in [1.54, 1.807) is 24.0 Å². The summed E-state index contributed by atoms with van der Waals surface area (Å²) in [6.07, 6.45) is -0.286. The van der Waals surface area contributed by atoms with Gasteiger partial charge in [0.1, 0.15) is 5.75 Å². The second kappa shape index (κ2) is 8.76. The molecular formula is C22H26ClNO4S. The number of carbonyl (C=O) groups excluding carboxylic acids is 1. The van der Waals surface area contributed by atoms with E-state index in [-0.39, 0.29) is 23.5 Å². The van der Waals surface area contributed by atoms with Crippen LogP contribution in [0.5, 0.6) is 5.75 Å². The fourth-order valence-corrected chi connectivity index (χ4v) is 5.33. The highest BCUT2D eigenvalue weighted by atomic mass is 35.5. The van der Waals surface area contributed by atoms with Crippen LogP contribution in [0.25, 0.3) is 0 Å². The zero-order valence-electron chi connectivity index (χ0n) is 16.9. The second-order valence-electron chi connectivity index (χ2n) is 7.66. The molecule has 0 radical (unpaired) electrons. The lowest BCUT2D eigenvalue weighted by Crippen LogP contribution is -2.46. The average Bonchev–Trinajstić information content (AvgIpc) is 3.03. The molecule has 0 aliphatic carbocycles. The van der Waals surface area contributed by atoms with E-state index in [2.05, 4.69) is 0 Å². The summed E-state index contributed by atoms with van der Waals surface area (Å²) in [5.74, 6) is 0.497. The molecule has 0 saturated carbocycles. The molecule has 1 aliphatic heterocycles. The lowest BCUT2D eigenvalue weighted by Gasteiger charge is -2.31. The number of halogens is 1. The van der Waals surface area contributed by atoms with E-state index in [1.807, 2.05) is 44.2 Å². The highest BCUT2D eigenvalue weighted by Gasteiger charge is 2.36. The lowest BCUT2D eigenvalue weighted by molar-refractivity contribution is -0.140. The predicted molar refractivity (Wildman–Crippen MR) is 115 cm³/mol. The minimum Gasteiger partial charge on any atom is -0.481 e. The Kier molecular flexibility index (Phi) is 6.54. The molecule has 1 amide bonds. The van der Waals surface area contributed by atoms with Crippen LogP contribution in [0.1, 0.15) is 30.0 Å². The van der Waals surface area contributed by atoms with E-state index >= 15 is 0 Å². The third kappa shape index (κ3) is 5.52. The molecule has 0 aromatic heterocycles. The summed E-state index contributed by atoms with van der Waals surface area (Å²) >= 11 is 5.96. The molecule has 2 atom stereocenters. The van der Waals surface area contributed by atoms with Crippen molar-refractivity contribution in [2.45, 2.75) is 45.9 Å². The number of sulfone groups is 1. The van der Waals surface area contributed by atoms with Crippen molar-refractivity contribution in [2.75, 3.05) is 11.5 Å². The van der Waals surface area contributed by atoms with E-state index in [0.717, 1.165) is 16.7 Å². The van der Waals surface area contributed by atoms with Crippen molar-refractivity contribution < 1.29 is 17.9 Å². The number of ether oxygens (including phenoxy) is 1. The molecule has 0 bridgehead atoms. The fourth-order valence-electron chi connectivity index (χ4n) is 3.47. The fraction of sp³-hybridized carbons (Fsp3) is 0.409. The number of benzene rings is 2. The summed E-state index contributed by atoms with van der Waals surface area (Å²) in [6.45, 7) is 6.03. The van der Waals surface area contributed by atoms with Gasteiger partial charge in [-0.1, -0.05) is 29.8 Å². The van der Waals surface area contributed by atoms with Gasteiger partial charge in [-0.15, -0.1) is 0 Å². The Bertz CT molecular complexity index is 988. The Morgan fingerprint density at radius 2 is 1.86 bits per heavy atom. The maximum atomic E-state index is 13.2. The first kappa shape index (κ1) is 21.7. The predicted octanol–water partition coefficient (Wildman–Crippen LogP) is 3.94. The molecule has 5 nitrogen and oxygen atoms in total. The third-order valence-corrected chi connectivity index (χ3v) is 7.34. The minimum atomic E-state index is -3.12. The largest absolute Gasteiger partial charge is 0.481 e. The first-order valence-corrected chi connectivity index (χ1v) is 11.8. The molecule has 1 saturated heterocycles. The topological polar surface area (TPSA) is 63.7 Å². The SMILES string of the molecule is Cc1ccc(OC(C)C(=O)N(Cc2ccc(Cl)cc2)C2CCS(=O)(=O)C2)cc1C. The summed E-state index contributed by atoms with van der Waals surface area (Å²) < 4.78 is 29.9. The molecule has 3 rings (SSSR count). The normalized spacial score (nSPS) is 19.0. The Morgan fingerprint density at radius 1 is 1.17 bits per heavy atom. The Labute approximate surface area is 177 Å². The van der Waals surface area contributed by atoms with E-state index in [0.29, 0.717) is 23.7 Å². The zero-order valence-corrected chi connectivity index (χ0v) is 18.5. The van der Waals surface area contributed by atoms with Gasteiger partial charge in [-0.25, -0.2) is 8.42 Å². The first-order valence-electron chi connectivity index (χ1n) is 9.64. The van der Waals surface area contributed by atoms with E-state index in [9.17, 15) is 13.2 Å². The van der Waals surface area contributed by atoms with Gasteiger partial charge in [0.25, 0.3) is 5.91 Å². The van der Waals surface area contributed by atoms with Crippen molar-refractivity contribution in [1.29, 1.82) is 0 Å². The highest BCUT2D eigenvalue weighted by Crippen LogP contribution is 2.24. The number of amides is 1. The van der Waals surface area contributed by atoms with Crippen LogP contribution < -0.4 is 4.74 Å². The molecule has 7 heteroatoms. The molecule has 2 aromatic carbocycles. The lowest BCUT2D eigenvalue weighted by atomic mass is 10.1. The number of rotatable bonds is 6. The van der Waals surface area contributed by atoms with Crippen LogP contribution in [0.3, 0.4) is 0 Å². The van der Waals surface area contributed by atoms with Gasteiger partial charge in [0.2, 0.25) is 0 Å². The molecule has 0 spiro atoms. The van der Waals surface area contributed by atoms with Gasteiger partial charge in [-0.2, -0.15) is 0 Å². The van der Waals surface area contributed by atoms with Crippen molar-refractivity contribution in [1.82, 2.24) is 4.90 Å². The summed E-state index contributed by atoms with van der Waals surface area (Å²) in [4.78, 5) is 14.9. The third-order valence-electron chi connectivity index (χ3n) is 5.34. The standard InChI is InChI=1S/C22H26ClNO4S/c1-15-4-9-21(12-16(15)2)28-17(3)22(25)24(20-10-11-29(26,27)14-20)13-18-5-7-19(23)8-6-18/h4-9,12,17,20H,10-11,13-14H2,1-3H3. The average molecular weight is 436 g/mol. The number of carbonyl (C=O) groups is 1. The van der Waals surface area contributed by atoms with Crippen molar-refractivity contribution in [2.24, 2.45) is 0 Å². The van der Waals surface area contributed by atoms with Gasteiger partial charge in [0.05, 0.1) is 11.5 Å². The molecule has 156 valence electrons. The number of hydrogen-bond acceptors (Lipinski definition) is 4. The van der Waals surface area contributed by atoms with Crippen molar-refractivity contribution in [3.63, 3.8) is 0 Å². The molecule has 1 heterocycles. The molecular weight excluding hydrogens is 410 g/mol. The summed E-state index contributed by atoms with van der Waals surface area (Å²) in [7, 11) is -3.12. The van der Waals surface area contributed by atoms with Crippen LogP contribution >= 0.6 is 11.6 Å². The molecule has 1 fully saturated rings. The first-order chi connectivity index (χ1) is 13.6. The van der Waals surface area contributed by atoms with E-state index < -0.39 is 15.9 Å². The van der Waals surface area contributed by atoms with Crippen molar-refractivity contribution >= 4 is 27.3 Å². The van der Waals surface area contributed by atoms with E-state index in [4.69, 9.17) is 16.3 Å². The maximum absolute atomic E-state index is 13.2. The van der Waals surface area contributed by atoms with Gasteiger partial charge in [0, 0.05) is 17.6 Å². The smallest absolute Gasteiger partial charge is 0.263 e. The summed E-state index contributed by atoms with van der Waals surface area (Å²) in [5, 5.41) is 0.613. The maximum Gasteiger partial charge on any atom is 0.263 e. The highest BCUT2D eigenvalue weighted by molar-refractivity contribution is 7.91. The molecule has 2 aromatic rings. The molecule has 2 unspecified atom stereocenters. The monoisotopic (exact) mass is 435 g/mol. The van der Waals surface area contributed by atoms with Crippen molar-refractivity contribution in [3.8, 4) is 5.75 Å². The van der Waals surface area contributed by atoms with Crippen LogP contribution in [0.2, 0.25) is 5.02 Å². The molecule has 0 N–H and O–H groups in total. The Morgan fingerprint density at radius 3 is 2.45 bits per heavy atom. The molecule has 29 heavy (non-hydrogen) atoms. The van der Waals surface area contributed by atoms with Gasteiger partial charge in [-0.05, 0) is 68.1 Å². The summed E-state index contributed by atoms with van der Waals surface area (Å²) in [5.41, 5.74) is 3.13. The number of aryl methyl sites for hydroxylation is 2. The van der Waals surface area contributed by atoms with Crippen LogP contribution in [0, 0.1) is 13.8 Å². The van der Waals surface area contributed by atoms with Crippen molar-refractivity contribution in [3.05, 3.63) is 64.2 Å². The zero-order chi connectivity index (χ0) is 21.2. The minimum absolute atomic E-state index is 0.0112. The Balaban J connectivity index is 1.80. The van der Waals surface area contributed by atoms with Gasteiger partial charge >= 0.3 is 0 Å². The quantitative estimate of drug-likeness (QED) is 0.689. The number of hydrogen-bond donors (Lipinski definition) is 0. The Hall–Kier alpha value is -2.05. The van der Waals surface area contributed by atoms with Gasteiger partial charge < -0.3 is 9.64 Å². The van der Waals surface area contributed by atoms with Crippen LogP contribution in [-0.4, -0.2) is 42.9 Å². The molecule has 1 aliphatic rings. The summed E-state index contributed by atoms with van der Waals surface area (Å²) in [6, 6.07) is 12.6. The van der Waals surface area contributed by atoms with E-state index in [1.165, 1.54) is 0 Å². The van der Waals surface area contributed by atoms with Crippen LogP contribution in [0.15, 0.2) is 42.5 Å². The van der Waals surface area contributed by atoms with Crippen LogP contribution in [-0.2, 0) is 21.2 Å². The second-order valence-corrected chi connectivity index (χ2v) is 10.3. The van der Waals surface area contributed by atoms with Crippen LogP contribution in [0.4, 0.5) is 0 Å². The van der Waals surface area contributed by atoms with Gasteiger partial charge in [-0.3, -0.25) is 4.79 Å².